The van der Waals surface area contributed by atoms with Gasteiger partial charge in [0.15, 0.2) is 0 Å². The van der Waals surface area contributed by atoms with Gasteiger partial charge in [0, 0.05) is 12.1 Å². The molecule has 1 saturated heterocycles. The number of carbonyl (C=O) groups is 1. The van der Waals surface area contributed by atoms with Crippen LogP contribution in [0.25, 0.3) is 0 Å². The Kier molecular flexibility index (Phi) is 5.81. The van der Waals surface area contributed by atoms with E-state index >= 15 is 0 Å². The summed E-state index contributed by atoms with van der Waals surface area (Å²) in [6.45, 7) is 0.261. The molecule has 5 heteroatoms. The van der Waals surface area contributed by atoms with Crippen molar-refractivity contribution < 1.29 is 19.7 Å². The van der Waals surface area contributed by atoms with Gasteiger partial charge in [-0.3, -0.25) is 4.79 Å². The van der Waals surface area contributed by atoms with Crippen LogP contribution < -0.4 is 5.32 Å². The zero-order chi connectivity index (χ0) is 17.6. The molecule has 3 unspecified atom stereocenters. The normalized spacial score (nSPS) is 23.2. The van der Waals surface area contributed by atoms with Crippen LogP contribution >= 0.6 is 0 Å². The summed E-state index contributed by atoms with van der Waals surface area (Å²) in [7, 11) is 0. The monoisotopic (exact) mass is 341 g/mol. The summed E-state index contributed by atoms with van der Waals surface area (Å²) in [5.41, 5.74) is 2.50. The lowest BCUT2D eigenvalue weighted by Crippen LogP contribution is -2.38. The molecule has 3 rings (SSSR count). The predicted octanol–water partition coefficient (Wildman–Crippen LogP) is 2.19. The molecular formula is C20H23NO4. The maximum atomic E-state index is 12.4. The number of benzene rings is 2. The van der Waals surface area contributed by atoms with Crippen molar-refractivity contribution in [3.63, 3.8) is 0 Å². The van der Waals surface area contributed by atoms with Gasteiger partial charge in [0.2, 0.25) is 0 Å². The molecule has 0 bridgehead atoms. The van der Waals surface area contributed by atoms with Gasteiger partial charge in [0.1, 0.15) is 6.10 Å². The maximum Gasteiger partial charge on any atom is 0.251 e. The summed E-state index contributed by atoms with van der Waals surface area (Å²) in [6, 6.07) is 17.1. The average molecular weight is 341 g/mol. The number of hydrogen-bond donors (Lipinski definition) is 3. The van der Waals surface area contributed by atoms with Crippen LogP contribution in [0.15, 0.2) is 54.6 Å². The highest BCUT2D eigenvalue weighted by Gasteiger charge is 2.30. The van der Waals surface area contributed by atoms with Crippen LogP contribution in [-0.2, 0) is 11.3 Å². The number of aliphatic hydroxyl groups is 2. The summed E-state index contributed by atoms with van der Waals surface area (Å²) >= 11 is 0. The number of nitrogens with one attached hydrogen (secondary N) is 1. The first-order valence-corrected chi connectivity index (χ1v) is 8.54. The molecule has 0 radical (unpaired) electrons. The molecule has 3 N–H and O–H groups in total. The molecule has 1 aliphatic rings. The second kappa shape index (κ2) is 8.25. The second-order valence-corrected chi connectivity index (χ2v) is 6.28. The largest absolute Gasteiger partial charge is 0.394 e. The van der Waals surface area contributed by atoms with Gasteiger partial charge < -0.3 is 20.3 Å². The molecule has 25 heavy (non-hydrogen) atoms. The fourth-order valence-corrected chi connectivity index (χ4v) is 3.05. The molecule has 0 saturated carbocycles. The van der Waals surface area contributed by atoms with E-state index in [1.807, 2.05) is 48.5 Å². The van der Waals surface area contributed by atoms with Gasteiger partial charge in [0.05, 0.1) is 18.8 Å². The Morgan fingerprint density at radius 2 is 1.92 bits per heavy atom. The van der Waals surface area contributed by atoms with Gasteiger partial charge in [-0.25, -0.2) is 0 Å². The highest BCUT2D eigenvalue weighted by Crippen LogP contribution is 2.31. The molecular weight excluding hydrogens is 318 g/mol. The molecule has 0 aromatic heterocycles. The summed E-state index contributed by atoms with van der Waals surface area (Å²) in [5, 5.41) is 22.0. The molecule has 1 amide bonds. The van der Waals surface area contributed by atoms with Gasteiger partial charge in [-0.15, -0.1) is 0 Å². The Hall–Kier alpha value is -2.21. The number of hydrogen-bond acceptors (Lipinski definition) is 4. The van der Waals surface area contributed by atoms with E-state index in [-0.39, 0.29) is 18.6 Å². The van der Waals surface area contributed by atoms with E-state index in [9.17, 15) is 15.0 Å². The number of rotatable bonds is 5. The van der Waals surface area contributed by atoms with Gasteiger partial charge in [0.25, 0.3) is 5.91 Å². The van der Waals surface area contributed by atoms with Crippen molar-refractivity contribution in [2.75, 3.05) is 6.61 Å². The molecule has 5 nitrogen and oxygen atoms in total. The van der Waals surface area contributed by atoms with Crippen LogP contribution in [0.1, 0.15) is 40.4 Å². The topological polar surface area (TPSA) is 78.8 Å². The second-order valence-electron chi connectivity index (χ2n) is 6.28. The van der Waals surface area contributed by atoms with Crippen molar-refractivity contribution in [3.05, 3.63) is 71.3 Å². The first-order chi connectivity index (χ1) is 12.2. The molecule has 2 aromatic rings. The maximum absolute atomic E-state index is 12.4. The molecule has 0 spiro atoms. The fourth-order valence-electron chi connectivity index (χ4n) is 3.05. The van der Waals surface area contributed by atoms with Crippen molar-refractivity contribution in [2.45, 2.75) is 37.7 Å². The van der Waals surface area contributed by atoms with E-state index in [0.717, 1.165) is 11.1 Å². The third kappa shape index (κ3) is 4.45. The van der Waals surface area contributed by atoms with E-state index in [1.165, 1.54) is 0 Å². The molecule has 132 valence electrons. The number of amides is 1. The van der Waals surface area contributed by atoms with E-state index < -0.39 is 12.2 Å². The van der Waals surface area contributed by atoms with Gasteiger partial charge >= 0.3 is 0 Å². The van der Waals surface area contributed by atoms with Crippen LogP contribution in [0, 0.1) is 0 Å². The standard InChI is InChI=1S/C20H23NO4/c22-13-19-17(23)9-10-18(25-19)15-7-4-8-16(11-15)20(24)21-12-14-5-2-1-3-6-14/h1-8,11,17-19,22-23H,9-10,12-13H2,(H,21,24). The summed E-state index contributed by atoms with van der Waals surface area (Å²) in [6.07, 6.45) is -0.206. The first-order valence-electron chi connectivity index (χ1n) is 8.54. The van der Waals surface area contributed by atoms with Crippen molar-refractivity contribution in [3.8, 4) is 0 Å². The van der Waals surface area contributed by atoms with Crippen LogP contribution in [-0.4, -0.2) is 34.9 Å². The van der Waals surface area contributed by atoms with Crippen molar-refractivity contribution in [1.29, 1.82) is 0 Å². The number of carbonyl (C=O) groups excluding carboxylic acids is 1. The smallest absolute Gasteiger partial charge is 0.251 e. The minimum Gasteiger partial charge on any atom is -0.394 e. The Labute approximate surface area is 147 Å². The molecule has 2 aromatic carbocycles. The van der Waals surface area contributed by atoms with Gasteiger partial charge in [-0.2, -0.15) is 0 Å². The summed E-state index contributed by atoms with van der Waals surface area (Å²) < 4.78 is 5.77. The lowest BCUT2D eigenvalue weighted by molar-refractivity contribution is -0.135. The number of ether oxygens (including phenoxy) is 1. The van der Waals surface area contributed by atoms with Crippen LogP contribution in [0.2, 0.25) is 0 Å². The highest BCUT2D eigenvalue weighted by atomic mass is 16.5. The van der Waals surface area contributed by atoms with E-state index in [1.54, 1.807) is 6.07 Å². The predicted molar refractivity (Wildman–Crippen MR) is 94.0 cm³/mol. The fraction of sp³-hybridized carbons (Fsp3) is 0.350. The first kappa shape index (κ1) is 17.6. The summed E-state index contributed by atoms with van der Waals surface area (Å²) in [5.74, 6) is -0.139. The zero-order valence-corrected chi connectivity index (χ0v) is 14.0. The van der Waals surface area contributed by atoms with E-state index in [2.05, 4.69) is 5.32 Å². The number of aliphatic hydroxyl groups excluding tert-OH is 2. The third-order valence-electron chi connectivity index (χ3n) is 4.49. The van der Waals surface area contributed by atoms with Gasteiger partial charge in [-0.05, 0) is 36.1 Å². The molecule has 3 atom stereocenters. The average Bonchev–Trinajstić information content (AvgIpc) is 2.67. The summed E-state index contributed by atoms with van der Waals surface area (Å²) in [4.78, 5) is 12.4. The quantitative estimate of drug-likeness (QED) is 0.779. The Morgan fingerprint density at radius 1 is 1.12 bits per heavy atom. The van der Waals surface area contributed by atoms with Crippen LogP contribution in [0.3, 0.4) is 0 Å². The SMILES string of the molecule is O=C(NCc1ccccc1)c1cccc(C2CCC(O)C(CO)O2)c1. The van der Waals surface area contributed by atoms with Crippen molar-refractivity contribution >= 4 is 5.91 Å². The molecule has 1 fully saturated rings. The van der Waals surface area contributed by atoms with Crippen molar-refractivity contribution in [1.82, 2.24) is 5.32 Å². The lowest BCUT2D eigenvalue weighted by Gasteiger charge is -2.33. The molecule has 1 heterocycles. The lowest BCUT2D eigenvalue weighted by atomic mass is 9.95. The van der Waals surface area contributed by atoms with E-state index in [4.69, 9.17) is 4.74 Å². The van der Waals surface area contributed by atoms with Crippen LogP contribution in [0.5, 0.6) is 0 Å². The highest BCUT2D eigenvalue weighted by molar-refractivity contribution is 5.94. The molecule has 0 aliphatic carbocycles. The minimum atomic E-state index is -0.640. The Balaban J connectivity index is 1.65. The van der Waals surface area contributed by atoms with Crippen LogP contribution in [0.4, 0.5) is 0 Å². The van der Waals surface area contributed by atoms with E-state index in [0.29, 0.717) is 24.9 Å². The Bertz CT molecular complexity index is 704. The van der Waals surface area contributed by atoms with Gasteiger partial charge in [-0.1, -0.05) is 42.5 Å². The zero-order valence-electron chi connectivity index (χ0n) is 14.0. The third-order valence-corrected chi connectivity index (χ3v) is 4.49. The Morgan fingerprint density at radius 3 is 2.68 bits per heavy atom. The van der Waals surface area contributed by atoms with Crippen molar-refractivity contribution in [2.24, 2.45) is 0 Å². The molecule has 1 aliphatic heterocycles. The minimum absolute atomic E-state index is 0.139.